The third kappa shape index (κ3) is 5.54. The molecule has 0 fully saturated rings. The first-order valence-corrected chi connectivity index (χ1v) is 8.15. The number of aliphatic hydroxyl groups excluding tert-OH is 1. The quantitative estimate of drug-likeness (QED) is 0.670. The summed E-state index contributed by atoms with van der Waals surface area (Å²) in [6, 6.07) is 8.25. The number of rotatable bonds is 10. The van der Waals surface area contributed by atoms with E-state index in [1.165, 1.54) is 18.4 Å². The van der Waals surface area contributed by atoms with Gasteiger partial charge in [0.1, 0.15) is 11.9 Å². The second-order valence-corrected chi connectivity index (χ2v) is 5.51. The first kappa shape index (κ1) is 17.0. The molecule has 0 saturated carbocycles. The van der Waals surface area contributed by atoms with E-state index >= 15 is 0 Å². The summed E-state index contributed by atoms with van der Waals surface area (Å²) in [5.74, 6) is 0.953. The van der Waals surface area contributed by atoms with Crippen LogP contribution in [0.4, 0.5) is 0 Å². The zero-order valence-electron chi connectivity index (χ0n) is 13.3. The molecule has 2 nitrogen and oxygen atoms in total. The second kappa shape index (κ2) is 9.82. The van der Waals surface area contributed by atoms with E-state index in [4.69, 9.17) is 4.74 Å². The molecule has 0 aliphatic rings. The van der Waals surface area contributed by atoms with Crippen LogP contribution in [0.15, 0.2) is 24.3 Å². The van der Waals surface area contributed by atoms with Crippen molar-refractivity contribution in [3.8, 4) is 5.75 Å². The number of aryl methyl sites for hydroxylation is 1. The van der Waals surface area contributed by atoms with Crippen LogP contribution in [0.5, 0.6) is 5.75 Å². The molecule has 1 rings (SSSR count). The van der Waals surface area contributed by atoms with Crippen molar-refractivity contribution in [3.63, 3.8) is 0 Å². The fourth-order valence-corrected chi connectivity index (χ4v) is 2.45. The molecule has 0 aromatic heterocycles. The number of aliphatic hydroxyl groups is 1. The molecule has 0 aliphatic carbocycles. The predicted molar refractivity (Wildman–Crippen MR) is 85.3 cm³/mol. The molecule has 0 amide bonds. The molecular formula is C18H30O2. The smallest absolute Gasteiger partial charge is 0.124 e. The highest BCUT2D eigenvalue weighted by atomic mass is 16.5. The van der Waals surface area contributed by atoms with Crippen molar-refractivity contribution < 1.29 is 9.84 Å². The van der Waals surface area contributed by atoms with E-state index in [0.29, 0.717) is 0 Å². The van der Waals surface area contributed by atoms with Crippen LogP contribution in [0.25, 0.3) is 0 Å². The maximum Gasteiger partial charge on any atom is 0.124 e. The molecule has 1 N–H and O–H groups in total. The summed E-state index contributed by atoms with van der Waals surface area (Å²) in [5, 5.41) is 10.2. The standard InChI is InChI=1S/C18H30O2/c1-4-7-12-15-13-8-9-14-17(15)20-18(11-6-3)16(19)10-5-2/h8-9,13-14,16,18-19H,4-7,10-12H2,1-3H3. The lowest BCUT2D eigenvalue weighted by molar-refractivity contribution is 0.0247. The number of hydrogen-bond donors (Lipinski definition) is 1. The van der Waals surface area contributed by atoms with Gasteiger partial charge in [-0.2, -0.15) is 0 Å². The van der Waals surface area contributed by atoms with Gasteiger partial charge in [0.25, 0.3) is 0 Å². The molecule has 0 radical (unpaired) electrons. The normalized spacial score (nSPS) is 14.0. The summed E-state index contributed by atoms with van der Waals surface area (Å²) >= 11 is 0. The van der Waals surface area contributed by atoms with E-state index in [-0.39, 0.29) is 12.2 Å². The van der Waals surface area contributed by atoms with Crippen molar-refractivity contribution in [2.24, 2.45) is 0 Å². The van der Waals surface area contributed by atoms with E-state index in [2.05, 4.69) is 32.9 Å². The van der Waals surface area contributed by atoms with Gasteiger partial charge < -0.3 is 9.84 Å². The lowest BCUT2D eigenvalue weighted by Crippen LogP contribution is -2.31. The predicted octanol–water partition coefficient (Wildman–Crippen LogP) is 4.74. The number of hydrogen-bond acceptors (Lipinski definition) is 2. The van der Waals surface area contributed by atoms with Gasteiger partial charge in [0.05, 0.1) is 6.10 Å². The Kier molecular flexibility index (Phi) is 8.36. The molecule has 2 unspecified atom stereocenters. The van der Waals surface area contributed by atoms with Crippen LogP contribution in [0.2, 0.25) is 0 Å². The molecule has 114 valence electrons. The van der Waals surface area contributed by atoms with E-state index in [9.17, 15) is 5.11 Å². The average Bonchev–Trinajstić information content (AvgIpc) is 2.46. The molecule has 0 spiro atoms. The molecule has 0 bridgehead atoms. The monoisotopic (exact) mass is 278 g/mol. The second-order valence-electron chi connectivity index (χ2n) is 5.51. The van der Waals surface area contributed by atoms with Crippen molar-refractivity contribution in [2.75, 3.05) is 0 Å². The zero-order valence-corrected chi connectivity index (χ0v) is 13.3. The van der Waals surface area contributed by atoms with Crippen LogP contribution in [-0.2, 0) is 6.42 Å². The van der Waals surface area contributed by atoms with Gasteiger partial charge >= 0.3 is 0 Å². The highest BCUT2D eigenvalue weighted by molar-refractivity contribution is 5.33. The van der Waals surface area contributed by atoms with Gasteiger partial charge in [-0.1, -0.05) is 58.2 Å². The Morgan fingerprint density at radius 2 is 1.70 bits per heavy atom. The Bertz CT molecular complexity index is 362. The molecule has 0 aliphatic heterocycles. The number of ether oxygens (including phenoxy) is 1. The fraction of sp³-hybridized carbons (Fsp3) is 0.667. The summed E-state index contributed by atoms with van der Waals surface area (Å²) in [7, 11) is 0. The lowest BCUT2D eigenvalue weighted by Gasteiger charge is -2.25. The van der Waals surface area contributed by atoms with Gasteiger partial charge in [-0.3, -0.25) is 0 Å². The minimum atomic E-state index is -0.362. The molecule has 1 aromatic rings. The van der Waals surface area contributed by atoms with Crippen molar-refractivity contribution in [3.05, 3.63) is 29.8 Å². The van der Waals surface area contributed by atoms with Crippen LogP contribution in [0.1, 0.15) is 64.9 Å². The summed E-state index contributed by atoms with van der Waals surface area (Å²) < 4.78 is 6.15. The van der Waals surface area contributed by atoms with Gasteiger partial charge in [-0.15, -0.1) is 0 Å². The van der Waals surface area contributed by atoms with E-state index in [1.54, 1.807) is 0 Å². The Hall–Kier alpha value is -1.02. The largest absolute Gasteiger partial charge is 0.487 e. The first-order chi connectivity index (χ1) is 9.72. The van der Waals surface area contributed by atoms with Crippen LogP contribution in [0.3, 0.4) is 0 Å². The van der Waals surface area contributed by atoms with Crippen molar-refractivity contribution in [2.45, 2.75) is 77.9 Å². The van der Waals surface area contributed by atoms with Crippen LogP contribution >= 0.6 is 0 Å². The van der Waals surface area contributed by atoms with Crippen molar-refractivity contribution in [1.29, 1.82) is 0 Å². The average molecular weight is 278 g/mol. The topological polar surface area (TPSA) is 29.5 Å². The first-order valence-electron chi connectivity index (χ1n) is 8.15. The lowest BCUT2D eigenvalue weighted by atomic mass is 10.0. The van der Waals surface area contributed by atoms with Crippen molar-refractivity contribution in [1.82, 2.24) is 0 Å². The maximum atomic E-state index is 10.2. The van der Waals surface area contributed by atoms with E-state index in [1.807, 2.05) is 12.1 Å². The zero-order chi connectivity index (χ0) is 14.8. The third-order valence-electron chi connectivity index (χ3n) is 3.64. The summed E-state index contributed by atoms with van der Waals surface area (Å²) in [4.78, 5) is 0. The third-order valence-corrected chi connectivity index (χ3v) is 3.64. The summed E-state index contributed by atoms with van der Waals surface area (Å²) in [6.07, 6.45) is 6.70. The Morgan fingerprint density at radius 3 is 2.35 bits per heavy atom. The van der Waals surface area contributed by atoms with Crippen molar-refractivity contribution >= 4 is 0 Å². The number of benzene rings is 1. The molecule has 1 aromatic carbocycles. The van der Waals surface area contributed by atoms with Crippen LogP contribution < -0.4 is 4.74 Å². The Labute approximate surface area is 124 Å². The van der Waals surface area contributed by atoms with Gasteiger partial charge in [-0.25, -0.2) is 0 Å². The van der Waals surface area contributed by atoms with Crippen LogP contribution in [0, 0.1) is 0 Å². The minimum Gasteiger partial charge on any atom is -0.487 e. The highest BCUT2D eigenvalue weighted by Gasteiger charge is 2.20. The Balaban J connectivity index is 2.76. The van der Waals surface area contributed by atoms with E-state index in [0.717, 1.165) is 37.9 Å². The molecule has 0 saturated heterocycles. The molecule has 2 heteroatoms. The minimum absolute atomic E-state index is 0.0808. The van der Waals surface area contributed by atoms with Gasteiger partial charge in [0, 0.05) is 0 Å². The summed E-state index contributed by atoms with van der Waals surface area (Å²) in [5.41, 5.74) is 1.26. The molecule has 20 heavy (non-hydrogen) atoms. The maximum absolute atomic E-state index is 10.2. The highest BCUT2D eigenvalue weighted by Crippen LogP contribution is 2.24. The number of para-hydroxylation sites is 1. The summed E-state index contributed by atoms with van der Waals surface area (Å²) in [6.45, 7) is 6.44. The SMILES string of the molecule is CCCCc1ccccc1OC(CCC)C(O)CCC. The fourth-order valence-electron chi connectivity index (χ4n) is 2.45. The Morgan fingerprint density at radius 1 is 1.00 bits per heavy atom. The van der Waals surface area contributed by atoms with Gasteiger partial charge in [0.2, 0.25) is 0 Å². The van der Waals surface area contributed by atoms with Gasteiger partial charge in [0.15, 0.2) is 0 Å². The van der Waals surface area contributed by atoms with Crippen LogP contribution in [-0.4, -0.2) is 17.3 Å². The molecule has 2 atom stereocenters. The van der Waals surface area contributed by atoms with Gasteiger partial charge in [-0.05, 0) is 37.3 Å². The molecule has 0 heterocycles. The number of unbranched alkanes of at least 4 members (excludes halogenated alkanes) is 1. The molecular weight excluding hydrogens is 248 g/mol. The van der Waals surface area contributed by atoms with E-state index < -0.39 is 0 Å².